The van der Waals surface area contributed by atoms with E-state index in [9.17, 15) is 4.79 Å². The van der Waals surface area contributed by atoms with Gasteiger partial charge in [0.1, 0.15) is 6.54 Å². The summed E-state index contributed by atoms with van der Waals surface area (Å²) < 4.78 is 3.65. The first kappa shape index (κ1) is 18.6. The van der Waals surface area contributed by atoms with Crippen LogP contribution in [0.2, 0.25) is 0 Å². The smallest absolute Gasteiger partial charge is 0.244 e. The summed E-state index contributed by atoms with van der Waals surface area (Å²) in [6.07, 6.45) is 6.34. The fourth-order valence-electron chi connectivity index (χ4n) is 4.11. The Morgan fingerprint density at radius 2 is 2.12 bits per heavy atom. The summed E-state index contributed by atoms with van der Waals surface area (Å²) in [7, 11) is 6.02. The topological polar surface area (TPSA) is 59.2 Å². The average Bonchev–Trinajstić information content (AvgIpc) is 3.12. The second kappa shape index (κ2) is 7.61. The molecule has 1 saturated heterocycles. The van der Waals surface area contributed by atoms with Crippen LogP contribution in [0.1, 0.15) is 35.8 Å². The second-order valence-electron chi connectivity index (χ2n) is 7.63. The van der Waals surface area contributed by atoms with Gasteiger partial charge in [0.05, 0.1) is 11.9 Å². The van der Waals surface area contributed by atoms with Gasteiger partial charge in [0.2, 0.25) is 5.91 Å². The van der Waals surface area contributed by atoms with Gasteiger partial charge in [0.15, 0.2) is 0 Å². The molecule has 0 spiro atoms. The maximum atomic E-state index is 12.7. The number of carbonyl (C=O) groups is 1. The quantitative estimate of drug-likeness (QED) is 0.817. The minimum Gasteiger partial charge on any atom is -0.344 e. The van der Waals surface area contributed by atoms with Crippen LogP contribution in [-0.2, 0) is 18.4 Å². The first-order chi connectivity index (χ1) is 12.3. The number of carbonyl (C=O) groups excluding carboxylic acids is 1. The minimum atomic E-state index is 0.106. The number of aryl methyl sites for hydroxylation is 3. The average molecular weight is 358 g/mol. The third-order valence-corrected chi connectivity index (χ3v) is 5.40. The van der Waals surface area contributed by atoms with Crippen LogP contribution in [0.5, 0.6) is 0 Å². The molecule has 2 aromatic rings. The summed E-state index contributed by atoms with van der Waals surface area (Å²) >= 11 is 0. The number of likely N-dealkylation sites (tertiary alicyclic amines) is 1. The van der Waals surface area contributed by atoms with Crippen molar-refractivity contribution in [3.8, 4) is 0 Å². The van der Waals surface area contributed by atoms with Crippen LogP contribution < -0.4 is 0 Å². The number of likely N-dealkylation sites (N-methyl/N-ethyl adjacent to an activating group) is 1. The van der Waals surface area contributed by atoms with Gasteiger partial charge in [-0.05, 0) is 52.3 Å². The van der Waals surface area contributed by atoms with Crippen molar-refractivity contribution < 1.29 is 4.79 Å². The summed E-state index contributed by atoms with van der Waals surface area (Å²) in [4.78, 5) is 17.0. The third-order valence-electron chi connectivity index (χ3n) is 5.40. The van der Waals surface area contributed by atoms with E-state index in [-0.39, 0.29) is 5.91 Å². The Bertz CT molecular complexity index is 764. The highest BCUT2D eigenvalue weighted by Crippen LogP contribution is 2.35. The molecule has 1 fully saturated rings. The molecule has 142 valence electrons. The molecule has 0 aliphatic carbocycles. The Balaban J connectivity index is 1.68. The van der Waals surface area contributed by atoms with Gasteiger partial charge >= 0.3 is 0 Å². The molecule has 0 bridgehead atoms. The Hall–Kier alpha value is -2.15. The molecule has 3 rings (SSSR count). The van der Waals surface area contributed by atoms with Gasteiger partial charge in [-0.1, -0.05) is 0 Å². The Labute approximate surface area is 155 Å². The maximum Gasteiger partial charge on any atom is 0.244 e. The molecule has 1 aliphatic rings. The van der Waals surface area contributed by atoms with E-state index in [1.807, 2.05) is 49.8 Å². The van der Waals surface area contributed by atoms with Crippen molar-refractivity contribution in [3.63, 3.8) is 0 Å². The number of amides is 1. The van der Waals surface area contributed by atoms with Crippen molar-refractivity contribution in [1.82, 2.24) is 29.4 Å². The van der Waals surface area contributed by atoms with E-state index in [0.29, 0.717) is 18.5 Å². The molecule has 26 heavy (non-hydrogen) atoms. The number of hydrogen-bond donors (Lipinski definition) is 0. The van der Waals surface area contributed by atoms with E-state index >= 15 is 0 Å². The van der Waals surface area contributed by atoms with Gasteiger partial charge in [-0.2, -0.15) is 10.2 Å². The van der Waals surface area contributed by atoms with Crippen LogP contribution in [0.15, 0.2) is 18.5 Å². The van der Waals surface area contributed by atoms with E-state index in [4.69, 9.17) is 0 Å². The Morgan fingerprint density at radius 1 is 1.35 bits per heavy atom. The van der Waals surface area contributed by atoms with Gasteiger partial charge in [-0.15, -0.1) is 0 Å². The number of rotatable bonds is 5. The molecule has 1 amide bonds. The van der Waals surface area contributed by atoms with Crippen molar-refractivity contribution in [1.29, 1.82) is 0 Å². The van der Waals surface area contributed by atoms with E-state index in [2.05, 4.69) is 28.3 Å². The summed E-state index contributed by atoms with van der Waals surface area (Å²) in [5, 5.41) is 8.75. The molecule has 0 aromatic carbocycles. The van der Waals surface area contributed by atoms with Gasteiger partial charge in [0.25, 0.3) is 0 Å². The van der Waals surface area contributed by atoms with Crippen LogP contribution in [0.25, 0.3) is 0 Å². The van der Waals surface area contributed by atoms with Crippen molar-refractivity contribution in [3.05, 3.63) is 35.4 Å². The van der Waals surface area contributed by atoms with Crippen LogP contribution in [0.4, 0.5) is 0 Å². The van der Waals surface area contributed by atoms with Crippen LogP contribution >= 0.6 is 0 Å². The highest BCUT2D eigenvalue weighted by Gasteiger charge is 2.32. The normalized spacial score (nSPS) is 21.1. The molecule has 0 radical (unpaired) electrons. The molecular formula is C19H30N6O. The highest BCUT2D eigenvalue weighted by atomic mass is 16.2. The minimum absolute atomic E-state index is 0.106. The molecule has 2 atom stereocenters. The van der Waals surface area contributed by atoms with Gasteiger partial charge in [0, 0.05) is 44.1 Å². The largest absolute Gasteiger partial charge is 0.344 e. The molecule has 0 saturated carbocycles. The fourth-order valence-corrected chi connectivity index (χ4v) is 4.11. The molecule has 1 aliphatic heterocycles. The highest BCUT2D eigenvalue weighted by molar-refractivity contribution is 5.75. The molecule has 0 N–H and O–H groups in total. The predicted molar refractivity (Wildman–Crippen MR) is 101 cm³/mol. The Morgan fingerprint density at radius 3 is 2.73 bits per heavy atom. The van der Waals surface area contributed by atoms with Crippen LogP contribution in [0.3, 0.4) is 0 Å². The van der Waals surface area contributed by atoms with E-state index in [0.717, 1.165) is 37.3 Å². The zero-order valence-electron chi connectivity index (χ0n) is 16.5. The van der Waals surface area contributed by atoms with Crippen LogP contribution in [0, 0.1) is 19.8 Å². The molecule has 7 nitrogen and oxygen atoms in total. The van der Waals surface area contributed by atoms with Crippen molar-refractivity contribution >= 4 is 5.91 Å². The molecule has 0 unspecified atom stereocenters. The van der Waals surface area contributed by atoms with E-state index in [1.165, 1.54) is 5.56 Å². The summed E-state index contributed by atoms with van der Waals surface area (Å²) in [5.41, 5.74) is 3.21. The lowest BCUT2D eigenvalue weighted by molar-refractivity contribution is -0.131. The number of hydrogen-bond acceptors (Lipinski definition) is 4. The third kappa shape index (κ3) is 3.98. The summed E-state index contributed by atoms with van der Waals surface area (Å²) in [5.74, 6) is 0.515. The maximum absolute atomic E-state index is 12.7. The molecule has 3 heterocycles. The monoisotopic (exact) mass is 358 g/mol. The lowest BCUT2D eigenvalue weighted by Gasteiger charge is -2.40. The van der Waals surface area contributed by atoms with Crippen molar-refractivity contribution in [2.45, 2.75) is 39.3 Å². The predicted octanol–water partition coefficient (Wildman–Crippen LogP) is 1.77. The van der Waals surface area contributed by atoms with E-state index < -0.39 is 0 Å². The standard InChI is InChI=1S/C19H30N6O/c1-14-9-15(2)25(21-14)13-18(26)23(4)11-16-7-6-8-22(3)19(16)17-10-20-24(5)12-17/h9-10,12,16,19H,6-8,11,13H2,1-5H3/t16-,19+/m0/s1. The van der Waals surface area contributed by atoms with Gasteiger partial charge in [-0.3, -0.25) is 19.1 Å². The first-order valence-corrected chi connectivity index (χ1v) is 9.29. The van der Waals surface area contributed by atoms with Gasteiger partial charge in [-0.25, -0.2) is 0 Å². The SMILES string of the molecule is Cc1cc(C)n(CC(=O)N(C)C[C@@H]2CCCN(C)[C@H]2c2cnn(C)c2)n1. The van der Waals surface area contributed by atoms with E-state index in [1.54, 1.807) is 4.68 Å². The molecule has 2 aromatic heterocycles. The molecular weight excluding hydrogens is 328 g/mol. The lowest BCUT2D eigenvalue weighted by atomic mass is 9.85. The zero-order chi connectivity index (χ0) is 18.8. The Kier molecular flexibility index (Phi) is 5.46. The fraction of sp³-hybridized carbons (Fsp3) is 0.632. The second-order valence-corrected chi connectivity index (χ2v) is 7.63. The lowest BCUT2D eigenvalue weighted by Crippen LogP contribution is -2.43. The summed E-state index contributed by atoms with van der Waals surface area (Å²) in [6.45, 7) is 6.08. The van der Waals surface area contributed by atoms with Gasteiger partial charge < -0.3 is 4.90 Å². The molecule has 7 heteroatoms. The number of piperidine rings is 1. The van der Waals surface area contributed by atoms with Crippen LogP contribution in [-0.4, -0.2) is 62.5 Å². The van der Waals surface area contributed by atoms with Crippen molar-refractivity contribution in [2.75, 3.05) is 27.2 Å². The number of aromatic nitrogens is 4. The number of nitrogens with zero attached hydrogens (tertiary/aromatic N) is 6. The zero-order valence-corrected chi connectivity index (χ0v) is 16.5. The summed E-state index contributed by atoms with van der Waals surface area (Å²) in [6, 6.07) is 2.31. The first-order valence-electron chi connectivity index (χ1n) is 9.29. The van der Waals surface area contributed by atoms with Crippen molar-refractivity contribution in [2.24, 2.45) is 13.0 Å².